The number of nitrogens with two attached hydrogens (primary N) is 1. The largest absolute Gasteiger partial charge is 0.381 e. The van der Waals surface area contributed by atoms with Gasteiger partial charge in [-0.15, -0.1) is 0 Å². The number of carbonyl (C=O) groups is 1. The molecule has 3 unspecified atom stereocenters. The molecular weight excluding hydrogens is 202 g/mol. The zero-order valence-corrected chi connectivity index (χ0v) is 9.99. The van der Waals surface area contributed by atoms with E-state index in [-0.39, 0.29) is 11.8 Å². The Morgan fingerprint density at radius 2 is 2.00 bits per heavy atom. The van der Waals surface area contributed by atoms with Crippen LogP contribution in [0.3, 0.4) is 0 Å². The predicted octanol–water partition coefficient (Wildman–Crippen LogP) is 1.75. The quantitative estimate of drug-likeness (QED) is 0.796. The van der Waals surface area contributed by atoms with Crippen molar-refractivity contribution in [2.75, 3.05) is 19.8 Å². The molecule has 3 heteroatoms. The van der Waals surface area contributed by atoms with Crippen LogP contribution in [0.2, 0.25) is 0 Å². The van der Waals surface area contributed by atoms with Gasteiger partial charge < -0.3 is 10.5 Å². The van der Waals surface area contributed by atoms with E-state index in [4.69, 9.17) is 10.5 Å². The number of Topliss-reactive ketones (excluding diaryl/α,β-unsaturated/α-hetero) is 1. The topological polar surface area (TPSA) is 52.3 Å². The van der Waals surface area contributed by atoms with Crippen LogP contribution in [-0.2, 0) is 9.53 Å². The Balaban J connectivity index is 1.95. The van der Waals surface area contributed by atoms with Gasteiger partial charge in [-0.1, -0.05) is 12.8 Å². The highest BCUT2D eigenvalue weighted by molar-refractivity contribution is 5.84. The second kappa shape index (κ2) is 5.78. The molecule has 0 spiro atoms. The predicted molar refractivity (Wildman–Crippen MR) is 63.1 cm³/mol. The standard InChI is InChI=1S/C13H23NO2/c14-8-10-4-1-2-6-12(10)13(15)11-5-3-7-16-9-11/h10-12H,1-9,14H2. The molecule has 0 amide bonds. The van der Waals surface area contributed by atoms with Crippen molar-refractivity contribution in [1.29, 1.82) is 0 Å². The van der Waals surface area contributed by atoms with Gasteiger partial charge in [0.1, 0.15) is 5.78 Å². The fourth-order valence-corrected chi connectivity index (χ4v) is 3.13. The van der Waals surface area contributed by atoms with Crippen molar-refractivity contribution in [3.8, 4) is 0 Å². The average molecular weight is 225 g/mol. The lowest BCUT2D eigenvalue weighted by Gasteiger charge is -2.33. The molecule has 2 rings (SSSR count). The fourth-order valence-electron chi connectivity index (χ4n) is 3.13. The zero-order chi connectivity index (χ0) is 11.4. The second-order valence-electron chi connectivity index (χ2n) is 5.20. The van der Waals surface area contributed by atoms with Crippen LogP contribution in [0.25, 0.3) is 0 Å². The van der Waals surface area contributed by atoms with E-state index >= 15 is 0 Å². The van der Waals surface area contributed by atoms with E-state index in [9.17, 15) is 4.79 Å². The lowest BCUT2D eigenvalue weighted by atomic mass is 9.73. The van der Waals surface area contributed by atoms with Gasteiger partial charge in [0.05, 0.1) is 6.61 Å². The van der Waals surface area contributed by atoms with Crippen LogP contribution in [0, 0.1) is 17.8 Å². The van der Waals surface area contributed by atoms with Crippen molar-refractivity contribution < 1.29 is 9.53 Å². The van der Waals surface area contributed by atoms with E-state index in [0.717, 1.165) is 32.3 Å². The molecule has 2 aliphatic rings. The summed E-state index contributed by atoms with van der Waals surface area (Å²) in [6.07, 6.45) is 6.69. The lowest BCUT2D eigenvalue weighted by Crippen LogP contribution is -2.38. The number of ketones is 1. The van der Waals surface area contributed by atoms with Crippen molar-refractivity contribution in [2.45, 2.75) is 38.5 Å². The molecule has 0 aromatic carbocycles. The van der Waals surface area contributed by atoms with Gasteiger partial charge >= 0.3 is 0 Å². The molecule has 1 aliphatic heterocycles. The molecule has 0 bridgehead atoms. The van der Waals surface area contributed by atoms with Crippen molar-refractivity contribution in [3.63, 3.8) is 0 Å². The van der Waals surface area contributed by atoms with Crippen LogP contribution in [-0.4, -0.2) is 25.5 Å². The van der Waals surface area contributed by atoms with Crippen molar-refractivity contribution in [2.24, 2.45) is 23.5 Å². The summed E-state index contributed by atoms with van der Waals surface area (Å²) in [5.41, 5.74) is 5.78. The first-order valence-corrected chi connectivity index (χ1v) is 6.64. The minimum Gasteiger partial charge on any atom is -0.381 e. The molecule has 1 saturated carbocycles. The third kappa shape index (κ3) is 2.64. The number of hydrogen-bond acceptors (Lipinski definition) is 3. The van der Waals surface area contributed by atoms with Crippen LogP contribution >= 0.6 is 0 Å². The van der Waals surface area contributed by atoms with Crippen molar-refractivity contribution in [1.82, 2.24) is 0 Å². The zero-order valence-electron chi connectivity index (χ0n) is 9.99. The first kappa shape index (κ1) is 12.1. The lowest BCUT2D eigenvalue weighted by molar-refractivity contribution is -0.133. The second-order valence-corrected chi connectivity index (χ2v) is 5.20. The van der Waals surface area contributed by atoms with Gasteiger partial charge in [0.15, 0.2) is 0 Å². The Hall–Kier alpha value is -0.410. The summed E-state index contributed by atoms with van der Waals surface area (Å²) in [5.74, 6) is 1.26. The molecule has 0 radical (unpaired) electrons. The van der Waals surface area contributed by atoms with E-state index in [1.165, 1.54) is 12.8 Å². The van der Waals surface area contributed by atoms with Gasteiger partial charge in [-0.25, -0.2) is 0 Å². The third-order valence-electron chi connectivity index (χ3n) is 4.14. The fraction of sp³-hybridized carbons (Fsp3) is 0.923. The molecule has 3 nitrogen and oxygen atoms in total. The summed E-state index contributed by atoms with van der Waals surface area (Å²) in [5, 5.41) is 0. The maximum Gasteiger partial charge on any atom is 0.141 e. The molecule has 1 aliphatic carbocycles. The normalized spacial score (nSPS) is 35.9. The Morgan fingerprint density at radius 1 is 1.19 bits per heavy atom. The first-order chi connectivity index (χ1) is 7.83. The van der Waals surface area contributed by atoms with Crippen LogP contribution in [0.5, 0.6) is 0 Å². The summed E-state index contributed by atoms with van der Waals surface area (Å²) in [6.45, 7) is 2.14. The maximum atomic E-state index is 12.4. The maximum absolute atomic E-state index is 12.4. The highest BCUT2D eigenvalue weighted by atomic mass is 16.5. The van der Waals surface area contributed by atoms with Gasteiger partial charge in [-0.2, -0.15) is 0 Å². The molecule has 0 aromatic heterocycles. The van der Waals surface area contributed by atoms with Gasteiger partial charge in [-0.05, 0) is 38.1 Å². The van der Waals surface area contributed by atoms with E-state index in [0.29, 0.717) is 24.9 Å². The van der Waals surface area contributed by atoms with E-state index in [1.54, 1.807) is 0 Å². The Morgan fingerprint density at radius 3 is 2.69 bits per heavy atom. The van der Waals surface area contributed by atoms with Crippen molar-refractivity contribution in [3.05, 3.63) is 0 Å². The molecule has 2 fully saturated rings. The van der Waals surface area contributed by atoms with Crippen LogP contribution < -0.4 is 5.73 Å². The number of carbonyl (C=O) groups excluding carboxylic acids is 1. The molecule has 16 heavy (non-hydrogen) atoms. The summed E-state index contributed by atoms with van der Waals surface area (Å²) < 4.78 is 5.41. The van der Waals surface area contributed by atoms with E-state index < -0.39 is 0 Å². The highest BCUT2D eigenvalue weighted by Crippen LogP contribution is 2.33. The summed E-state index contributed by atoms with van der Waals surface area (Å²) in [6, 6.07) is 0. The number of hydrogen-bond donors (Lipinski definition) is 1. The van der Waals surface area contributed by atoms with Crippen LogP contribution in [0.15, 0.2) is 0 Å². The van der Waals surface area contributed by atoms with Gasteiger partial charge in [0, 0.05) is 18.4 Å². The molecule has 1 saturated heterocycles. The van der Waals surface area contributed by atoms with Crippen LogP contribution in [0.4, 0.5) is 0 Å². The molecule has 2 N–H and O–H groups in total. The highest BCUT2D eigenvalue weighted by Gasteiger charge is 2.34. The summed E-state index contributed by atoms with van der Waals surface area (Å²) in [4.78, 5) is 12.4. The Labute approximate surface area is 97.7 Å². The molecule has 92 valence electrons. The summed E-state index contributed by atoms with van der Waals surface area (Å²) >= 11 is 0. The summed E-state index contributed by atoms with van der Waals surface area (Å²) in [7, 11) is 0. The minimum absolute atomic E-state index is 0.158. The molecule has 0 aromatic rings. The van der Waals surface area contributed by atoms with Crippen molar-refractivity contribution >= 4 is 5.78 Å². The molecule has 3 atom stereocenters. The van der Waals surface area contributed by atoms with E-state index in [1.807, 2.05) is 0 Å². The van der Waals surface area contributed by atoms with E-state index in [2.05, 4.69) is 0 Å². The monoisotopic (exact) mass is 225 g/mol. The SMILES string of the molecule is NCC1CCCCC1C(=O)C1CCCOC1. The Kier molecular flexibility index (Phi) is 4.36. The number of ether oxygens (including phenoxy) is 1. The first-order valence-electron chi connectivity index (χ1n) is 6.64. The Bertz CT molecular complexity index is 236. The van der Waals surface area contributed by atoms with Crippen LogP contribution in [0.1, 0.15) is 38.5 Å². The molecular formula is C13H23NO2. The van der Waals surface area contributed by atoms with Gasteiger partial charge in [-0.3, -0.25) is 4.79 Å². The number of rotatable bonds is 3. The van der Waals surface area contributed by atoms with Gasteiger partial charge in [0.25, 0.3) is 0 Å². The smallest absolute Gasteiger partial charge is 0.141 e. The van der Waals surface area contributed by atoms with Gasteiger partial charge in [0.2, 0.25) is 0 Å². The average Bonchev–Trinajstić information content (AvgIpc) is 2.39. The third-order valence-corrected chi connectivity index (χ3v) is 4.14. The molecule has 1 heterocycles. The minimum atomic E-state index is 0.158.